The summed E-state index contributed by atoms with van der Waals surface area (Å²) in [5.74, 6) is 1.75. The number of hydrogen-bond acceptors (Lipinski definition) is 4. The summed E-state index contributed by atoms with van der Waals surface area (Å²) in [4.78, 5) is 1.11. The van der Waals surface area contributed by atoms with Crippen molar-refractivity contribution in [2.45, 2.75) is 29.7 Å². The number of rotatable bonds is 4. The normalized spacial score (nSPS) is 17.4. The largest absolute Gasteiger partial charge is 0.496 e. The molecule has 3 nitrogen and oxygen atoms in total. The Morgan fingerprint density at radius 3 is 2.18 bits per heavy atom. The predicted octanol–water partition coefficient (Wildman–Crippen LogP) is 2.76. The molecule has 0 aromatic heterocycles. The quantitative estimate of drug-likeness (QED) is 0.838. The number of thioether (sulfide) groups is 1. The third kappa shape index (κ3) is 2.00. The molecule has 0 unspecified atom stereocenters. The topological polar surface area (TPSA) is 44.5 Å². The molecule has 0 atom stereocenters. The molecule has 1 aliphatic carbocycles. The van der Waals surface area contributed by atoms with Crippen LogP contribution in [0.2, 0.25) is 0 Å². The van der Waals surface area contributed by atoms with Gasteiger partial charge in [-0.05, 0) is 37.7 Å². The maximum absolute atomic E-state index is 6.45. The molecule has 0 saturated heterocycles. The third-order valence-electron chi connectivity index (χ3n) is 3.47. The summed E-state index contributed by atoms with van der Waals surface area (Å²) in [6.45, 7) is 0. The van der Waals surface area contributed by atoms with E-state index < -0.39 is 0 Å². The molecule has 1 saturated carbocycles. The Hall–Kier alpha value is -0.870. The second-order valence-corrected chi connectivity index (χ2v) is 5.20. The van der Waals surface area contributed by atoms with Gasteiger partial charge in [0, 0.05) is 11.1 Å². The van der Waals surface area contributed by atoms with Crippen LogP contribution in [0.4, 0.5) is 0 Å². The maximum Gasteiger partial charge on any atom is 0.133 e. The van der Waals surface area contributed by atoms with E-state index in [0.717, 1.165) is 34.8 Å². The molecular weight excluding hydrogens is 234 g/mol. The zero-order valence-electron chi connectivity index (χ0n) is 10.6. The number of nitrogens with two attached hydrogens (primary N) is 1. The SMILES string of the molecule is COc1ccc(OC)c(C2(N)CCC2)c1SC. The molecule has 0 bridgehead atoms. The molecule has 2 N–H and O–H groups in total. The molecule has 0 heterocycles. The molecule has 1 fully saturated rings. The molecule has 1 aliphatic rings. The van der Waals surface area contributed by atoms with E-state index in [1.807, 2.05) is 18.4 Å². The minimum Gasteiger partial charge on any atom is -0.496 e. The molecule has 94 valence electrons. The van der Waals surface area contributed by atoms with Crippen LogP contribution in [-0.4, -0.2) is 20.5 Å². The van der Waals surface area contributed by atoms with Gasteiger partial charge in [-0.2, -0.15) is 0 Å². The summed E-state index contributed by atoms with van der Waals surface area (Å²) in [6, 6.07) is 3.89. The molecule has 4 heteroatoms. The average molecular weight is 253 g/mol. The first-order valence-electron chi connectivity index (χ1n) is 5.74. The van der Waals surface area contributed by atoms with E-state index in [-0.39, 0.29) is 5.54 Å². The van der Waals surface area contributed by atoms with Gasteiger partial charge >= 0.3 is 0 Å². The Morgan fingerprint density at radius 1 is 1.18 bits per heavy atom. The third-order valence-corrected chi connectivity index (χ3v) is 4.28. The van der Waals surface area contributed by atoms with E-state index in [9.17, 15) is 0 Å². The zero-order valence-corrected chi connectivity index (χ0v) is 11.4. The highest BCUT2D eigenvalue weighted by Crippen LogP contribution is 2.49. The second kappa shape index (κ2) is 4.78. The van der Waals surface area contributed by atoms with Crippen molar-refractivity contribution < 1.29 is 9.47 Å². The van der Waals surface area contributed by atoms with Gasteiger partial charge in [0.25, 0.3) is 0 Å². The van der Waals surface area contributed by atoms with E-state index in [1.54, 1.807) is 26.0 Å². The number of ether oxygens (including phenoxy) is 2. The van der Waals surface area contributed by atoms with E-state index in [2.05, 4.69) is 0 Å². The smallest absolute Gasteiger partial charge is 0.133 e. The van der Waals surface area contributed by atoms with Crippen LogP contribution < -0.4 is 15.2 Å². The van der Waals surface area contributed by atoms with E-state index in [1.165, 1.54) is 6.42 Å². The molecule has 0 aliphatic heterocycles. The van der Waals surface area contributed by atoms with E-state index in [0.29, 0.717) is 0 Å². The first kappa shape index (κ1) is 12.6. The van der Waals surface area contributed by atoms with Gasteiger partial charge in [0.15, 0.2) is 0 Å². The van der Waals surface area contributed by atoms with Crippen molar-refractivity contribution in [3.8, 4) is 11.5 Å². The summed E-state index contributed by atoms with van der Waals surface area (Å²) < 4.78 is 10.9. The Labute approximate surface area is 107 Å². The van der Waals surface area contributed by atoms with Crippen LogP contribution in [0.5, 0.6) is 11.5 Å². The van der Waals surface area contributed by atoms with Crippen molar-refractivity contribution in [2.24, 2.45) is 5.73 Å². The van der Waals surface area contributed by atoms with Crippen molar-refractivity contribution >= 4 is 11.8 Å². The fourth-order valence-corrected chi connectivity index (χ4v) is 3.22. The molecular formula is C13H19NO2S. The summed E-state index contributed by atoms with van der Waals surface area (Å²) in [7, 11) is 3.38. The monoisotopic (exact) mass is 253 g/mol. The van der Waals surface area contributed by atoms with Gasteiger partial charge in [0.1, 0.15) is 11.5 Å². The highest BCUT2D eigenvalue weighted by molar-refractivity contribution is 7.98. The first-order chi connectivity index (χ1) is 8.16. The lowest BCUT2D eigenvalue weighted by molar-refractivity contribution is 0.237. The molecule has 1 aromatic carbocycles. The van der Waals surface area contributed by atoms with E-state index in [4.69, 9.17) is 15.2 Å². The summed E-state index contributed by atoms with van der Waals surface area (Å²) >= 11 is 1.67. The van der Waals surface area contributed by atoms with Crippen LogP contribution in [-0.2, 0) is 5.54 Å². The highest BCUT2D eigenvalue weighted by atomic mass is 32.2. The molecule has 17 heavy (non-hydrogen) atoms. The average Bonchev–Trinajstić information content (AvgIpc) is 2.33. The first-order valence-corrected chi connectivity index (χ1v) is 6.97. The lowest BCUT2D eigenvalue weighted by Gasteiger charge is -2.40. The summed E-state index contributed by atoms with van der Waals surface area (Å²) in [5.41, 5.74) is 7.32. The number of methoxy groups -OCH3 is 2. The molecule has 0 amide bonds. The lowest BCUT2D eigenvalue weighted by atomic mass is 9.72. The zero-order chi connectivity index (χ0) is 12.5. The van der Waals surface area contributed by atoms with Crippen LogP contribution in [0, 0.1) is 0 Å². The van der Waals surface area contributed by atoms with Crippen molar-refractivity contribution in [3.63, 3.8) is 0 Å². The van der Waals surface area contributed by atoms with Crippen LogP contribution in [0.25, 0.3) is 0 Å². The fourth-order valence-electron chi connectivity index (χ4n) is 2.36. The summed E-state index contributed by atoms with van der Waals surface area (Å²) in [5, 5.41) is 0. The van der Waals surface area contributed by atoms with E-state index >= 15 is 0 Å². The van der Waals surface area contributed by atoms with Gasteiger partial charge in [0.05, 0.1) is 19.1 Å². The van der Waals surface area contributed by atoms with Crippen LogP contribution in [0.3, 0.4) is 0 Å². The van der Waals surface area contributed by atoms with Gasteiger partial charge < -0.3 is 15.2 Å². The molecule has 1 aromatic rings. The minimum atomic E-state index is -0.238. The number of benzene rings is 1. The van der Waals surface area contributed by atoms with Crippen molar-refractivity contribution in [1.29, 1.82) is 0 Å². The number of hydrogen-bond donors (Lipinski definition) is 1. The Morgan fingerprint density at radius 2 is 1.76 bits per heavy atom. The Bertz CT molecular complexity index is 416. The Balaban J connectivity index is 2.59. The van der Waals surface area contributed by atoms with Crippen LogP contribution in [0.1, 0.15) is 24.8 Å². The van der Waals surface area contributed by atoms with Crippen LogP contribution >= 0.6 is 11.8 Å². The summed E-state index contributed by atoms with van der Waals surface area (Å²) in [6.07, 6.45) is 5.27. The predicted molar refractivity (Wildman–Crippen MR) is 71.0 cm³/mol. The molecule has 0 spiro atoms. The van der Waals surface area contributed by atoms with Gasteiger partial charge in [-0.25, -0.2) is 0 Å². The van der Waals surface area contributed by atoms with Crippen LogP contribution in [0.15, 0.2) is 17.0 Å². The van der Waals surface area contributed by atoms with Gasteiger partial charge in [-0.1, -0.05) is 0 Å². The van der Waals surface area contributed by atoms with Crippen molar-refractivity contribution in [2.75, 3.05) is 20.5 Å². The minimum absolute atomic E-state index is 0.238. The molecule has 0 radical (unpaired) electrons. The fraction of sp³-hybridized carbons (Fsp3) is 0.538. The second-order valence-electron chi connectivity index (χ2n) is 4.39. The van der Waals surface area contributed by atoms with Gasteiger partial charge in [-0.15, -0.1) is 11.8 Å². The lowest BCUT2D eigenvalue weighted by Crippen LogP contribution is -2.44. The van der Waals surface area contributed by atoms with Crippen molar-refractivity contribution in [1.82, 2.24) is 0 Å². The highest BCUT2D eigenvalue weighted by Gasteiger charge is 2.39. The molecule has 2 rings (SSSR count). The van der Waals surface area contributed by atoms with Gasteiger partial charge in [0.2, 0.25) is 0 Å². The standard InChI is InChI=1S/C13H19NO2S/c1-15-9-5-6-10(16-2)12(17-3)11(9)13(14)7-4-8-13/h5-6H,4,7-8,14H2,1-3H3. The van der Waals surface area contributed by atoms with Gasteiger partial charge in [-0.3, -0.25) is 0 Å². The maximum atomic E-state index is 6.45. The Kier molecular flexibility index (Phi) is 3.54. The van der Waals surface area contributed by atoms with Crippen molar-refractivity contribution in [3.05, 3.63) is 17.7 Å².